The highest BCUT2D eigenvalue weighted by atomic mass is 16.5. The number of likely N-dealkylation sites (tertiary alicyclic amines) is 1. The number of carbonyl (C=O) groups excluding carboxylic acids is 2. The summed E-state index contributed by atoms with van der Waals surface area (Å²) in [7, 11) is 1.74. The second-order valence-electron chi connectivity index (χ2n) is 10.00. The number of ether oxygens (including phenoxy) is 1. The van der Waals surface area contributed by atoms with Crippen molar-refractivity contribution in [1.29, 1.82) is 0 Å². The van der Waals surface area contributed by atoms with Gasteiger partial charge in [0.25, 0.3) is 5.91 Å². The molecule has 0 radical (unpaired) electrons. The average Bonchev–Trinajstić information content (AvgIpc) is 3.44. The van der Waals surface area contributed by atoms with E-state index in [1.807, 2.05) is 77.5 Å². The predicted octanol–water partition coefficient (Wildman–Crippen LogP) is 3.91. The Morgan fingerprint density at radius 3 is 2.35 bits per heavy atom. The summed E-state index contributed by atoms with van der Waals surface area (Å²) in [5, 5.41) is 0. The summed E-state index contributed by atoms with van der Waals surface area (Å²) in [5.74, 6) is 2.00. The first-order valence-electron chi connectivity index (χ1n) is 13.0. The van der Waals surface area contributed by atoms with Crippen LogP contribution in [0.15, 0.2) is 71.5 Å². The Balaban J connectivity index is 1.19. The number of guanidine groups is 1. The van der Waals surface area contributed by atoms with Crippen molar-refractivity contribution < 1.29 is 14.3 Å². The molecule has 192 valence electrons. The number of para-hydroxylation sites is 1. The fraction of sp³-hybridized carbons (Fsp3) is 0.393. The smallest absolute Gasteiger partial charge is 0.328 e. The van der Waals surface area contributed by atoms with Crippen LogP contribution in [0.3, 0.4) is 0 Å². The number of aliphatic imine (C=N–C) groups is 1. The molecule has 0 aromatic heterocycles. The number of urea groups is 1. The minimum atomic E-state index is -0.556. The van der Waals surface area contributed by atoms with E-state index in [1.54, 1.807) is 11.9 Å². The van der Waals surface area contributed by atoms with Gasteiger partial charge in [-0.25, -0.2) is 9.79 Å². The van der Waals surface area contributed by atoms with Crippen LogP contribution >= 0.6 is 0 Å². The number of allylic oxidation sites excluding steroid dienone is 1. The normalized spacial score (nSPS) is 23.7. The number of fused-ring (bicyclic) bond motifs is 3. The van der Waals surface area contributed by atoms with Crippen molar-refractivity contribution in [1.82, 2.24) is 19.6 Å². The Bertz CT molecular complexity index is 1240. The Labute approximate surface area is 217 Å². The molecule has 0 aliphatic carbocycles. The summed E-state index contributed by atoms with van der Waals surface area (Å²) in [6.45, 7) is 5.19. The van der Waals surface area contributed by atoms with Gasteiger partial charge in [0, 0.05) is 37.7 Å². The van der Waals surface area contributed by atoms with E-state index in [9.17, 15) is 9.59 Å². The van der Waals surface area contributed by atoms with Crippen molar-refractivity contribution in [3.05, 3.63) is 66.5 Å². The monoisotopic (exact) mass is 500 g/mol. The molecule has 0 N–H and O–H groups in total. The van der Waals surface area contributed by atoms with Gasteiger partial charge in [0.1, 0.15) is 11.5 Å². The molecule has 37 heavy (non-hydrogen) atoms. The lowest BCUT2D eigenvalue weighted by molar-refractivity contribution is -0.136. The number of amides is 3. The number of carbonyl (C=O) groups is 2. The molecule has 3 amide bonds. The van der Waals surface area contributed by atoms with E-state index in [2.05, 4.69) is 4.90 Å². The van der Waals surface area contributed by atoms with Crippen molar-refractivity contribution in [2.45, 2.75) is 38.4 Å². The molecular formula is C28H32N6O3. The Morgan fingerprint density at radius 1 is 0.919 bits per heavy atom. The first-order chi connectivity index (χ1) is 18.0. The average molecular weight is 501 g/mol. The highest BCUT2D eigenvalue weighted by molar-refractivity contribution is 6.09. The van der Waals surface area contributed by atoms with E-state index in [1.165, 1.54) is 24.2 Å². The molecule has 0 bridgehead atoms. The van der Waals surface area contributed by atoms with Crippen molar-refractivity contribution in [2.75, 3.05) is 38.1 Å². The summed E-state index contributed by atoms with van der Waals surface area (Å²) in [6, 6.07) is 16.6. The highest BCUT2D eigenvalue weighted by Gasteiger charge is 2.54. The number of piperidine rings is 1. The number of hydrogen-bond acceptors (Lipinski definition) is 7. The van der Waals surface area contributed by atoms with Crippen molar-refractivity contribution >= 4 is 23.6 Å². The first kappa shape index (κ1) is 23.5. The maximum Gasteiger partial charge on any atom is 0.328 e. The van der Waals surface area contributed by atoms with Gasteiger partial charge in [-0.05, 0) is 69.3 Å². The van der Waals surface area contributed by atoms with E-state index >= 15 is 0 Å². The summed E-state index contributed by atoms with van der Waals surface area (Å²) >= 11 is 0. The van der Waals surface area contributed by atoms with Gasteiger partial charge in [-0.3, -0.25) is 14.6 Å². The van der Waals surface area contributed by atoms with Crippen LogP contribution in [0, 0.1) is 0 Å². The number of anilines is 1. The second-order valence-corrected chi connectivity index (χ2v) is 10.00. The highest BCUT2D eigenvalue weighted by Crippen LogP contribution is 2.37. The van der Waals surface area contributed by atoms with E-state index in [4.69, 9.17) is 9.73 Å². The van der Waals surface area contributed by atoms with Crippen LogP contribution in [-0.4, -0.2) is 82.9 Å². The summed E-state index contributed by atoms with van der Waals surface area (Å²) in [6.07, 6.45) is 5.02. The maximum atomic E-state index is 13.6. The molecule has 2 saturated heterocycles. The zero-order valence-corrected chi connectivity index (χ0v) is 21.3. The largest absolute Gasteiger partial charge is 0.457 e. The first-order valence-corrected chi connectivity index (χ1v) is 13.0. The molecule has 2 atom stereocenters. The predicted molar refractivity (Wildman–Crippen MR) is 141 cm³/mol. The van der Waals surface area contributed by atoms with Gasteiger partial charge in [0.05, 0.1) is 0 Å². The van der Waals surface area contributed by atoms with Crippen LogP contribution in [0.5, 0.6) is 11.5 Å². The molecule has 0 spiro atoms. The lowest BCUT2D eigenvalue weighted by Crippen LogP contribution is -2.65. The quantitative estimate of drug-likeness (QED) is 0.599. The number of likely N-dealkylation sites (N-methyl/N-ethyl adjacent to an activating group) is 1. The van der Waals surface area contributed by atoms with Gasteiger partial charge < -0.3 is 19.4 Å². The van der Waals surface area contributed by atoms with Crippen LogP contribution < -0.4 is 9.64 Å². The maximum absolute atomic E-state index is 13.6. The number of imide groups is 1. The molecule has 2 aromatic carbocycles. The van der Waals surface area contributed by atoms with Crippen LogP contribution in [0.4, 0.5) is 10.5 Å². The molecule has 4 aliphatic heterocycles. The molecule has 2 fully saturated rings. The van der Waals surface area contributed by atoms with E-state index in [-0.39, 0.29) is 11.9 Å². The van der Waals surface area contributed by atoms with Crippen LogP contribution in [0.1, 0.15) is 26.2 Å². The molecule has 2 aromatic rings. The van der Waals surface area contributed by atoms with Crippen LogP contribution in [0.2, 0.25) is 0 Å². The SMILES string of the molecule is CC1=CN2C(=NC3C2C(=O)N(CCN2CCCCC2)C(=O)N3C)N1c1ccc(Oc2ccccc2)cc1. The lowest BCUT2D eigenvalue weighted by atomic mass is 10.1. The molecular weight excluding hydrogens is 468 g/mol. The van der Waals surface area contributed by atoms with Crippen LogP contribution in [0.25, 0.3) is 0 Å². The summed E-state index contributed by atoms with van der Waals surface area (Å²) in [4.78, 5) is 41.0. The van der Waals surface area contributed by atoms with E-state index in [0.717, 1.165) is 42.5 Å². The van der Waals surface area contributed by atoms with Crippen LogP contribution in [-0.2, 0) is 4.79 Å². The second kappa shape index (κ2) is 9.55. The Morgan fingerprint density at radius 2 is 1.62 bits per heavy atom. The number of nitrogens with zero attached hydrogens (tertiary/aromatic N) is 6. The Kier molecular flexibility index (Phi) is 6.08. The van der Waals surface area contributed by atoms with Crippen molar-refractivity contribution in [2.24, 2.45) is 4.99 Å². The summed E-state index contributed by atoms with van der Waals surface area (Å²) < 4.78 is 5.93. The Hall–Kier alpha value is -3.85. The molecule has 0 saturated carbocycles. The zero-order valence-electron chi connectivity index (χ0n) is 21.3. The minimum Gasteiger partial charge on any atom is -0.457 e. The third-order valence-corrected chi connectivity index (χ3v) is 7.55. The third kappa shape index (κ3) is 4.23. The lowest BCUT2D eigenvalue weighted by Gasteiger charge is -2.40. The van der Waals surface area contributed by atoms with Gasteiger partial charge in [0.15, 0.2) is 12.2 Å². The van der Waals surface area contributed by atoms with Crippen molar-refractivity contribution in [3.8, 4) is 11.5 Å². The molecule has 4 heterocycles. The van der Waals surface area contributed by atoms with Gasteiger partial charge in [-0.2, -0.15) is 0 Å². The third-order valence-electron chi connectivity index (χ3n) is 7.55. The topological polar surface area (TPSA) is 71.9 Å². The fourth-order valence-corrected chi connectivity index (χ4v) is 5.59. The standard InChI is InChI=1S/C28H32N6O3/c1-20-19-33-24-25(30(2)28(36)32(26(24)35)18-17-31-15-7-4-8-16-31)29-27(33)34(20)21-11-13-23(14-12-21)37-22-9-5-3-6-10-22/h3,5-6,9-14,19,24-25H,4,7-8,15-18H2,1-2H3. The molecule has 6 rings (SSSR count). The molecule has 2 unspecified atom stereocenters. The fourth-order valence-electron chi connectivity index (χ4n) is 5.59. The van der Waals surface area contributed by atoms with Gasteiger partial charge in [0.2, 0.25) is 5.96 Å². The number of hydrogen-bond donors (Lipinski definition) is 0. The van der Waals surface area contributed by atoms with Gasteiger partial charge in [-0.1, -0.05) is 24.6 Å². The number of rotatable bonds is 6. The minimum absolute atomic E-state index is 0.179. The van der Waals surface area contributed by atoms with Gasteiger partial charge in [-0.15, -0.1) is 0 Å². The van der Waals surface area contributed by atoms with Crippen molar-refractivity contribution in [3.63, 3.8) is 0 Å². The summed E-state index contributed by atoms with van der Waals surface area (Å²) in [5.41, 5.74) is 1.87. The van der Waals surface area contributed by atoms with E-state index < -0.39 is 12.2 Å². The van der Waals surface area contributed by atoms with E-state index in [0.29, 0.717) is 12.5 Å². The molecule has 9 nitrogen and oxygen atoms in total. The van der Waals surface area contributed by atoms with Gasteiger partial charge >= 0.3 is 6.03 Å². The zero-order chi connectivity index (χ0) is 25.5. The number of benzene rings is 2. The molecule has 9 heteroatoms. The molecule has 4 aliphatic rings.